The second-order valence-electron chi connectivity index (χ2n) is 12.6. The molecular weight excluding hydrogens is 585 g/mol. The maximum absolute atomic E-state index is 5.43. The van der Waals surface area contributed by atoms with Crippen molar-refractivity contribution in [2.24, 2.45) is 0 Å². The summed E-state index contributed by atoms with van der Waals surface area (Å²) < 4.78 is 4.74. The summed E-state index contributed by atoms with van der Waals surface area (Å²) >= 11 is 0. The van der Waals surface area contributed by atoms with Crippen LogP contribution in [0, 0.1) is 0 Å². The maximum atomic E-state index is 5.43. The van der Waals surface area contributed by atoms with E-state index in [4.69, 9.17) is 9.97 Å². The zero-order chi connectivity index (χ0) is 31.3. The first kappa shape index (κ1) is 25.6. The summed E-state index contributed by atoms with van der Waals surface area (Å²) in [6.07, 6.45) is 0. The fourth-order valence-corrected chi connectivity index (χ4v) is 8.05. The van der Waals surface area contributed by atoms with Crippen LogP contribution in [0.4, 0.5) is 0 Å². The number of hydrogen-bond donors (Lipinski definition) is 0. The first-order valence-corrected chi connectivity index (χ1v) is 16.4. The molecule has 0 aliphatic carbocycles. The summed E-state index contributed by atoms with van der Waals surface area (Å²) in [7, 11) is 0. The largest absolute Gasteiger partial charge is 0.308 e. The Balaban J connectivity index is 1.29. The minimum atomic E-state index is 0.668. The molecule has 11 rings (SSSR count). The standard InChI is InChI=1S/C44H26N4/c1-2-12-27(13-3-1)28-14-10-15-29(26-28)42-34-18-4-7-20-35(34)45-44(46-42)48-38-23-11-19-32-30-16-5-8-21-36(30)47-37-22-9-6-17-31(37)33-24-25-39(48)41(40(32)38)43(33)47/h1-26H. The van der Waals surface area contributed by atoms with Gasteiger partial charge in [0.1, 0.15) is 0 Å². The van der Waals surface area contributed by atoms with Crippen LogP contribution in [0.2, 0.25) is 0 Å². The highest BCUT2D eigenvalue weighted by Gasteiger charge is 2.24. The monoisotopic (exact) mass is 610 g/mol. The van der Waals surface area contributed by atoms with Crippen LogP contribution in [0.5, 0.6) is 0 Å². The molecule has 4 nitrogen and oxygen atoms in total. The third kappa shape index (κ3) is 3.38. The van der Waals surface area contributed by atoms with E-state index < -0.39 is 0 Å². The lowest BCUT2D eigenvalue weighted by molar-refractivity contribution is 1.01. The van der Waals surface area contributed by atoms with Crippen LogP contribution in [-0.4, -0.2) is 18.9 Å². The molecule has 11 aromatic rings. The highest BCUT2D eigenvalue weighted by molar-refractivity contribution is 6.33. The van der Waals surface area contributed by atoms with Gasteiger partial charge in [-0.05, 0) is 52.9 Å². The Morgan fingerprint density at radius 3 is 1.81 bits per heavy atom. The summed E-state index contributed by atoms with van der Waals surface area (Å²) in [5.74, 6) is 0.668. The number of hydrogen-bond acceptors (Lipinski definition) is 2. The minimum absolute atomic E-state index is 0.668. The zero-order valence-electron chi connectivity index (χ0n) is 25.8. The van der Waals surface area contributed by atoms with Gasteiger partial charge in [0.2, 0.25) is 5.95 Å². The second-order valence-corrected chi connectivity index (χ2v) is 12.6. The fraction of sp³-hybridized carbons (Fsp3) is 0. The predicted molar refractivity (Wildman–Crippen MR) is 199 cm³/mol. The second kappa shape index (κ2) is 9.50. The van der Waals surface area contributed by atoms with Crippen molar-refractivity contribution in [2.45, 2.75) is 0 Å². The topological polar surface area (TPSA) is 35.1 Å². The molecule has 0 bridgehead atoms. The average molecular weight is 611 g/mol. The van der Waals surface area contributed by atoms with Gasteiger partial charge < -0.3 is 4.40 Å². The molecule has 0 saturated heterocycles. The summed E-state index contributed by atoms with van der Waals surface area (Å²) in [4.78, 5) is 10.7. The van der Waals surface area contributed by atoms with Gasteiger partial charge in [0.15, 0.2) is 0 Å². The number of nitrogens with zero attached hydrogens (tertiary/aromatic N) is 4. The van der Waals surface area contributed by atoms with Crippen molar-refractivity contribution in [3.63, 3.8) is 0 Å². The Kier molecular flexibility index (Phi) is 5.08. The number of para-hydroxylation sites is 3. The molecule has 0 N–H and O–H groups in total. The predicted octanol–water partition coefficient (Wildman–Crippen LogP) is 11.2. The Hall–Kier alpha value is -6.52. The van der Waals surface area contributed by atoms with Crippen LogP contribution in [-0.2, 0) is 0 Å². The molecule has 7 aromatic carbocycles. The lowest BCUT2D eigenvalue weighted by Crippen LogP contribution is -2.03. The molecule has 4 aromatic heterocycles. The Labute approximate surface area is 275 Å². The highest BCUT2D eigenvalue weighted by atomic mass is 15.2. The van der Waals surface area contributed by atoms with Gasteiger partial charge in [-0.15, -0.1) is 0 Å². The maximum Gasteiger partial charge on any atom is 0.235 e. The number of fused-ring (bicyclic) bond motifs is 7. The van der Waals surface area contributed by atoms with E-state index in [0.717, 1.165) is 38.8 Å². The van der Waals surface area contributed by atoms with E-state index in [0.29, 0.717) is 5.95 Å². The summed E-state index contributed by atoms with van der Waals surface area (Å²) in [5.41, 5.74) is 11.1. The Morgan fingerprint density at radius 2 is 0.979 bits per heavy atom. The minimum Gasteiger partial charge on any atom is -0.308 e. The van der Waals surface area contributed by atoms with Gasteiger partial charge in [0.05, 0.1) is 38.8 Å². The van der Waals surface area contributed by atoms with Crippen molar-refractivity contribution in [3.05, 3.63) is 158 Å². The zero-order valence-corrected chi connectivity index (χ0v) is 25.8. The van der Waals surface area contributed by atoms with E-state index in [1.807, 2.05) is 0 Å². The third-order valence-electron chi connectivity index (χ3n) is 10.1. The molecule has 222 valence electrons. The van der Waals surface area contributed by atoms with Crippen molar-refractivity contribution >= 4 is 70.8 Å². The molecule has 0 fully saturated rings. The highest BCUT2D eigenvalue weighted by Crippen LogP contribution is 2.45. The number of aromatic nitrogens is 4. The molecule has 0 saturated carbocycles. The summed E-state index contributed by atoms with van der Waals surface area (Å²) in [5, 5.41) is 8.45. The quantitative estimate of drug-likeness (QED) is 0.199. The van der Waals surface area contributed by atoms with Crippen LogP contribution in [0.3, 0.4) is 0 Å². The smallest absolute Gasteiger partial charge is 0.235 e. The molecule has 4 heterocycles. The lowest BCUT2D eigenvalue weighted by Gasteiger charge is -2.13. The van der Waals surface area contributed by atoms with Gasteiger partial charge in [0, 0.05) is 37.9 Å². The van der Waals surface area contributed by atoms with E-state index in [2.05, 4.69) is 167 Å². The summed E-state index contributed by atoms with van der Waals surface area (Å²) in [6, 6.07) is 56.3. The van der Waals surface area contributed by atoms with Gasteiger partial charge >= 0.3 is 0 Å². The van der Waals surface area contributed by atoms with Crippen LogP contribution in [0.15, 0.2) is 158 Å². The van der Waals surface area contributed by atoms with Crippen molar-refractivity contribution in [3.8, 4) is 28.3 Å². The molecule has 4 heteroatoms. The first-order valence-electron chi connectivity index (χ1n) is 16.4. The molecular formula is C44H26N4. The van der Waals surface area contributed by atoms with Gasteiger partial charge in [-0.2, -0.15) is 0 Å². The van der Waals surface area contributed by atoms with E-state index in [1.165, 1.54) is 54.4 Å². The van der Waals surface area contributed by atoms with E-state index in [1.54, 1.807) is 0 Å². The molecule has 0 amide bonds. The van der Waals surface area contributed by atoms with Gasteiger partial charge in [-0.3, -0.25) is 4.57 Å². The van der Waals surface area contributed by atoms with Crippen molar-refractivity contribution in [1.82, 2.24) is 18.9 Å². The average Bonchev–Trinajstić information content (AvgIpc) is 3.63. The molecule has 0 unspecified atom stereocenters. The summed E-state index contributed by atoms with van der Waals surface area (Å²) in [6.45, 7) is 0. The van der Waals surface area contributed by atoms with Crippen molar-refractivity contribution in [2.75, 3.05) is 0 Å². The van der Waals surface area contributed by atoms with E-state index in [9.17, 15) is 0 Å². The van der Waals surface area contributed by atoms with Crippen LogP contribution in [0.25, 0.3) is 99.1 Å². The third-order valence-corrected chi connectivity index (χ3v) is 10.1. The fourth-order valence-electron chi connectivity index (χ4n) is 8.05. The van der Waals surface area contributed by atoms with Crippen molar-refractivity contribution < 1.29 is 0 Å². The lowest BCUT2D eigenvalue weighted by atomic mass is 10.00. The molecule has 48 heavy (non-hydrogen) atoms. The van der Waals surface area contributed by atoms with Gasteiger partial charge in [-0.1, -0.05) is 121 Å². The van der Waals surface area contributed by atoms with E-state index >= 15 is 0 Å². The Morgan fingerprint density at radius 1 is 0.375 bits per heavy atom. The molecule has 0 aliphatic rings. The van der Waals surface area contributed by atoms with Crippen LogP contribution in [0.1, 0.15) is 0 Å². The van der Waals surface area contributed by atoms with Crippen molar-refractivity contribution in [1.29, 1.82) is 0 Å². The molecule has 0 spiro atoms. The molecule has 0 aliphatic heterocycles. The van der Waals surface area contributed by atoms with Crippen LogP contribution >= 0.6 is 0 Å². The number of benzene rings is 7. The SMILES string of the molecule is c1ccc(-c2cccc(-c3nc(-n4c5cccc6c7ccccc7n7c8ccccc8c8ccc4c(c65)c87)nc4ccccc34)c2)cc1. The van der Waals surface area contributed by atoms with E-state index in [-0.39, 0.29) is 0 Å². The molecule has 0 atom stereocenters. The Bertz CT molecular complexity index is 3060. The molecule has 0 radical (unpaired) electrons. The van der Waals surface area contributed by atoms with Gasteiger partial charge in [-0.25, -0.2) is 9.97 Å². The van der Waals surface area contributed by atoms with Gasteiger partial charge in [0.25, 0.3) is 0 Å². The first-order chi connectivity index (χ1) is 23.8. The number of rotatable bonds is 3. The van der Waals surface area contributed by atoms with Crippen LogP contribution < -0.4 is 0 Å². The normalized spacial score (nSPS) is 12.2.